The Hall–Kier alpha value is -3.93. The first kappa shape index (κ1) is 19.7. The third-order valence-corrected chi connectivity index (χ3v) is 6.70. The number of fused-ring (bicyclic) bond motifs is 2. The van der Waals surface area contributed by atoms with E-state index < -0.39 is 0 Å². The molecular formula is C27H25N5O. The summed E-state index contributed by atoms with van der Waals surface area (Å²) in [6, 6.07) is 20.6. The zero-order chi connectivity index (χ0) is 22.2. The van der Waals surface area contributed by atoms with E-state index in [0.29, 0.717) is 5.56 Å². The molecule has 0 spiro atoms. The monoisotopic (exact) mass is 435 g/mol. The van der Waals surface area contributed by atoms with E-state index in [9.17, 15) is 4.79 Å². The number of rotatable bonds is 3. The second kappa shape index (κ2) is 8.20. The molecule has 33 heavy (non-hydrogen) atoms. The predicted molar refractivity (Wildman–Crippen MR) is 133 cm³/mol. The first-order chi connectivity index (χ1) is 16.3. The van der Waals surface area contributed by atoms with Crippen LogP contribution in [0.2, 0.25) is 0 Å². The highest BCUT2D eigenvalue weighted by Crippen LogP contribution is 2.34. The van der Waals surface area contributed by atoms with E-state index in [0.717, 1.165) is 61.7 Å². The van der Waals surface area contributed by atoms with Gasteiger partial charge in [0.05, 0.1) is 17.0 Å². The molecule has 1 fully saturated rings. The molecule has 0 saturated carbocycles. The first-order valence-electron chi connectivity index (χ1n) is 11.5. The Morgan fingerprint density at radius 2 is 1.55 bits per heavy atom. The van der Waals surface area contributed by atoms with E-state index in [1.165, 1.54) is 16.9 Å². The Balaban J connectivity index is 1.27. The molecule has 4 aliphatic rings. The molecule has 164 valence electrons. The second-order valence-corrected chi connectivity index (χ2v) is 8.62. The molecule has 6 rings (SSSR count). The topological polar surface area (TPSA) is 64.6 Å². The van der Waals surface area contributed by atoms with Crippen LogP contribution >= 0.6 is 0 Å². The summed E-state index contributed by atoms with van der Waals surface area (Å²) in [5.74, 6) is 0. The van der Waals surface area contributed by atoms with Crippen molar-refractivity contribution in [2.45, 2.75) is 12.8 Å². The molecule has 0 bridgehead atoms. The van der Waals surface area contributed by atoms with E-state index in [1.54, 1.807) is 0 Å². The van der Waals surface area contributed by atoms with Crippen LogP contribution in [0.4, 0.5) is 17.1 Å². The fourth-order valence-electron chi connectivity index (χ4n) is 4.95. The number of hydrogen-bond acceptors (Lipinski definition) is 5. The molecule has 6 nitrogen and oxygen atoms in total. The van der Waals surface area contributed by atoms with Gasteiger partial charge >= 0.3 is 0 Å². The maximum atomic E-state index is 12.8. The molecule has 6 heteroatoms. The molecule has 0 atom stereocenters. The first-order valence-corrected chi connectivity index (χ1v) is 11.5. The number of anilines is 2. The molecule has 0 amide bonds. The molecule has 0 unspecified atom stereocenters. The zero-order valence-corrected chi connectivity index (χ0v) is 18.4. The lowest BCUT2D eigenvalue weighted by atomic mass is 9.95. The minimum atomic E-state index is -0.0539. The van der Waals surface area contributed by atoms with Crippen molar-refractivity contribution in [2.75, 3.05) is 36.0 Å². The lowest BCUT2D eigenvalue weighted by Gasteiger charge is -2.37. The maximum Gasteiger partial charge on any atom is 0.258 e. The number of aliphatic imine (C=N–C) groups is 1. The van der Waals surface area contributed by atoms with Crippen molar-refractivity contribution >= 4 is 22.8 Å². The van der Waals surface area contributed by atoms with Gasteiger partial charge in [0.15, 0.2) is 0 Å². The second-order valence-electron chi connectivity index (χ2n) is 8.62. The van der Waals surface area contributed by atoms with Gasteiger partial charge in [0.1, 0.15) is 0 Å². The summed E-state index contributed by atoms with van der Waals surface area (Å²) in [4.78, 5) is 29.7. The van der Waals surface area contributed by atoms with Gasteiger partial charge in [-0.15, -0.1) is 0 Å². The molecular weight excluding hydrogens is 410 g/mol. The summed E-state index contributed by atoms with van der Waals surface area (Å²) in [5.41, 5.74) is 7.99. The predicted octanol–water partition coefficient (Wildman–Crippen LogP) is 4.27. The van der Waals surface area contributed by atoms with Crippen LogP contribution in [0.3, 0.4) is 0 Å². The molecule has 2 aromatic rings. The van der Waals surface area contributed by atoms with Crippen LogP contribution < -0.4 is 15.4 Å². The van der Waals surface area contributed by atoms with E-state index in [4.69, 9.17) is 4.99 Å². The molecule has 1 aromatic carbocycles. The number of H-pyrrole nitrogens is 1. The average molecular weight is 436 g/mol. The molecule has 3 aliphatic heterocycles. The Bertz CT molecular complexity index is 1350. The van der Waals surface area contributed by atoms with Crippen LogP contribution in [-0.2, 0) is 6.42 Å². The number of aromatic nitrogens is 2. The van der Waals surface area contributed by atoms with Crippen molar-refractivity contribution in [2.24, 2.45) is 4.99 Å². The zero-order valence-electron chi connectivity index (χ0n) is 18.4. The van der Waals surface area contributed by atoms with Gasteiger partial charge in [0.2, 0.25) is 0 Å². The quantitative estimate of drug-likeness (QED) is 0.522. The van der Waals surface area contributed by atoms with Crippen LogP contribution in [0.15, 0.2) is 82.8 Å². The van der Waals surface area contributed by atoms with Crippen LogP contribution in [-0.4, -0.2) is 41.9 Å². The third kappa shape index (κ3) is 3.67. The van der Waals surface area contributed by atoms with Gasteiger partial charge in [0, 0.05) is 61.2 Å². The highest BCUT2D eigenvalue weighted by Gasteiger charge is 2.23. The number of benzene rings is 1. The fourth-order valence-corrected chi connectivity index (χ4v) is 4.95. The van der Waals surface area contributed by atoms with Gasteiger partial charge in [-0.2, -0.15) is 0 Å². The van der Waals surface area contributed by atoms with Gasteiger partial charge in [-0.3, -0.25) is 14.8 Å². The standard InChI is InChI=1S/C27H25N5O/c33-27-26(22-4-2-1-3-5-23(22)30-27)24-9-7-19-6-8-21(18-25(19)29-24)32-16-14-31(15-17-32)20-10-12-28-13-11-20/h1-6,8,10-13,18H,7,9,14-17H2,(H,30,33). The van der Waals surface area contributed by atoms with Crippen molar-refractivity contribution in [1.29, 1.82) is 0 Å². The lowest BCUT2D eigenvalue weighted by molar-refractivity contribution is 0.653. The Morgan fingerprint density at radius 3 is 2.36 bits per heavy atom. The van der Waals surface area contributed by atoms with E-state index in [1.807, 2.05) is 42.7 Å². The number of piperazine rings is 1. The Kier molecular flexibility index (Phi) is 4.91. The number of nitrogens with one attached hydrogen (secondary N) is 1. The summed E-state index contributed by atoms with van der Waals surface area (Å²) in [6.07, 6.45) is 5.37. The third-order valence-electron chi connectivity index (χ3n) is 6.70. The minimum Gasteiger partial charge on any atom is -0.368 e. The molecule has 1 saturated heterocycles. The van der Waals surface area contributed by atoms with Crippen molar-refractivity contribution < 1.29 is 0 Å². The maximum absolute atomic E-state index is 12.8. The minimum absolute atomic E-state index is 0.0539. The molecule has 1 aromatic heterocycles. The number of aromatic amines is 1. The largest absolute Gasteiger partial charge is 0.368 e. The summed E-state index contributed by atoms with van der Waals surface area (Å²) >= 11 is 0. The van der Waals surface area contributed by atoms with Crippen molar-refractivity contribution in [1.82, 2.24) is 9.97 Å². The van der Waals surface area contributed by atoms with Gasteiger partial charge in [-0.25, -0.2) is 0 Å². The molecule has 1 aliphatic carbocycles. The van der Waals surface area contributed by atoms with E-state index in [-0.39, 0.29) is 5.56 Å². The molecule has 1 N–H and O–H groups in total. The van der Waals surface area contributed by atoms with Crippen molar-refractivity contribution in [3.63, 3.8) is 0 Å². The smallest absolute Gasteiger partial charge is 0.258 e. The van der Waals surface area contributed by atoms with Crippen LogP contribution in [0.1, 0.15) is 17.5 Å². The number of aryl methyl sites for hydroxylation is 1. The van der Waals surface area contributed by atoms with E-state index >= 15 is 0 Å². The fraction of sp³-hybridized carbons (Fsp3) is 0.222. The van der Waals surface area contributed by atoms with E-state index in [2.05, 4.69) is 50.1 Å². The number of hydrogen-bond donors (Lipinski definition) is 1. The van der Waals surface area contributed by atoms with Gasteiger partial charge < -0.3 is 14.8 Å². The summed E-state index contributed by atoms with van der Waals surface area (Å²) in [7, 11) is 0. The Labute approximate surface area is 192 Å². The van der Waals surface area contributed by atoms with Gasteiger partial charge in [-0.1, -0.05) is 30.3 Å². The normalized spacial score (nSPS) is 15.9. The summed E-state index contributed by atoms with van der Waals surface area (Å²) in [6.45, 7) is 3.87. The van der Waals surface area contributed by atoms with Crippen LogP contribution in [0.25, 0.3) is 11.3 Å². The highest BCUT2D eigenvalue weighted by atomic mass is 16.1. The lowest BCUT2D eigenvalue weighted by Crippen LogP contribution is -2.46. The van der Waals surface area contributed by atoms with Crippen molar-refractivity contribution in [3.05, 3.63) is 94.5 Å². The summed E-state index contributed by atoms with van der Waals surface area (Å²) < 4.78 is 0. The van der Waals surface area contributed by atoms with Crippen LogP contribution in [0.5, 0.6) is 0 Å². The Morgan fingerprint density at radius 1 is 0.788 bits per heavy atom. The van der Waals surface area contributed by atoms with Crippen molar-refractivity contribution in [3.8, 4) is 11.3 Å². The summed E-state index contributed by atoms with van der Waals surface area (Å²) in [5, 5.41) is 0. The number of pyridine rings is 1. The van der Waals surface area contributed by atoms with Gasteiger partial charge in [0.25, 0.3) is 5.56 Å². The SMILES string of the molecule is O=c1[nH]c2cccccc-2c1C1=Nc2cc(N3CCN(c4ccncc4)CC3)ccc2CC1. The number of nitrogens with zero attached hydrogens (tertiary/aromatic N) is 4. The highest BCUT2D eigenvalue weighted by molar-refractivity contribution is 6.08. The molecule has 4 heterocycles. The van der Waals surface area contributed by atoms with Gasteiger partial charge in [-0.05, 0) is 48.7 Å². The average Bonchev–Trinajstić information content (AvgIpc) is 3.01. The molecule has 0 radical (unpaired) electrons. The van der Waals surface area contributed by atoms with Crippen LogP contribution in [0, 0.1) is 0 Å².